The van der Waals surface area contributed by atoms with Gasteiger partial charge in [-0.15, -0.1) is 0 Å². The first-order valence-electron chi connectivity index (χ1n) is 9.42. The molecule has 2 fully saturated rings. The van der Waals surface area contributed by atoms with Gasteiger partial charge in [0.2, 0.25) is 0 Å². The van der Waals surface area contributed by atoms with Crippen molar-refractivity contribution in [2.24, 2.45) is 23.2 Å². The molecule has 128 valence electrons. The first-order valence-corrected chi connectivity index (χ1v) is 9.42. The van der Waals surface area contributed by atoms with Crippen LogP contribution in [0.2, 0.25) is 0 Å². The van der Waals surface area contributed by atoms with Gasteiger partial charge in [0.25, 0.3) is 0 Å². The van der Waals surface area contributed by atoms with Gasteiger partial charge in [-0.05, 0) is 68.3 Å². The van der Waals surface area contributed by atoms with Crippen LogP contribution in [-0.4, -0.2) is 24.3 Å². The molecule has 1 aliphatic heterocycles. The molecule has 22 heavy (non-hydrogen) atoms. The maximum atomic E-state index is 12.9. The second-order valence-electron chi connectivity index (χ2n) is 9.36. The van der Waals surface area contributed by atoms with E-state index in [0.29, 0.717) is 17.3 Å². The standard InChI is InChI=1S/C20H37NO/c1-16-7-6-12-21(22,14-16)15-17(2)13-18-8-10-19(11-9-18)20(3,4)5/h13,16,18-19H,6-12,14-15H2,1-5H3. The van der Waals surface area contributed by atoms with Crippen molar-refractivity contribution in [3.05, 3.63) is 16.9 Å². The number of hydrogen-bond donors (Lipinski definition) is 0. The van der Waals surface area contributed by atoms with Gasteiger partial charge in [0.05, 0.1) is 19.6 Å². The predicted molar refractivity (Wildman–Crippen MR) is 95.3 cm³/mol. The van der Waals surface area contributed by atoms with Gasteiger partial charge in [0.1, 0.15) is 0 Å². The second kappa shape index (κ2) is 7.05. The summed E-state index contributed by atoms with van der Waals surface area (Å²) in [5, 5.41) is 12.9. The Labute approximate surface area is 138 Å². The average molecular weight is 308 g/mol. The quantitative estimate of drug-likeness (QED) is 0.382. The average Bonchev–Trinajstić information content (AvgIpc) is 2.36. The van der Waals surface area contributed by atoms with Gasteiger partial charge in [-0.2, -0.15) is 0 Å². The second-order valence-corrected chi connectivity index (χ2v) is 9.36. The smallest absolute Gasteiger partial charge is 0.0998 e. The summed E-state index contributed by atoms with van der Waals surface area (Å²) in [7, 11) is 0. The molecule has 0 bridgehead atoms. The number of quaternary nitrogens is 1. The molecule has 2 unspecified atom stereocenters. The van der Waals surface area contributed by atoms with Crippen LogP contribution in [0.25, 0.3) is 0 Å². The minimum Gasteiger partial charge on any atom is -0.633 e. The Bertz CT molecular complexity index is 387. The highest BCUT2D eigenvalue weighted by atomic mass is 16.5. The first-order chi connectivity index (χ1) is 10.2. The van der Waals surface area contributed by atoms with E-state index in [0.717, 1.165) is 32.0 Å². The molecule has 2 heteroatoms. The topological polar surface area (TPSA) is 23.1 Å². The van der Waals surface area contributed by atoms with Crippen LogP contribution in [0.4, 0.5) is 0 Å². The number of piperidine rings is 1. The lowest BCUT2D eigenvalue weighted by atomic mass is 9.69. The van der Waals surface area contributed by atoms with Crippen LogP contribution in [0.3, 0.4) is 0 Å². The van der Waals surface area contributed by atoms with E-state index in [4.69, 9.17) is 0 Å². The minimum absolute atomic E-state index is 0.0286. The molecule has 0 N–H and O–H groups in total. The Morgan fingerprint density at radius 3 is 2.32 bits per heavy atom. The molecule has 0 radical (unpaired) electrons. The van der Waals surface area contributed by atoms with E-state index in [9.17, 15) is 5.21 Å². The number of allylic oxidation sites excluding steroid dienone is 1. The van der Waals surface area contributed by atoms with Gasteiger partial charge in [-0.25, -0.2) is 0 Å². The van der Waals surface area contributed by atoms with Crippen LogP contribution < -0.4 is 0 Å². The lowest BCUT2D eigenvalue weighted by Gasteiger charge is -2.48. The first kappa shape index (κ1) is 18.0. The highest BCUT2D eigenvalue weighted by molar-refractivity contribution is 5.03. The molecule has 1 aliphatic carbocycles. The van der Waals surface area contributed by atoms with E-state index >= 15 is 0 Å². The number of nitrogens with zero attached hydrogens (tertiary/aromatic N) is 1. The number of hydroxylamine groups is 3. The molecule has 2 aliphatic rings. The molecule has 1 saturated heterocycles. The van der Waals surface area contributed by atoms with Crippen molar-refractivity contribution in [1.82, 2.24) is 0 Å². The fourth-order valence-corrected chi connectivity index (χ4v) is 4.68. The van der Waals surface area contributed by atoms with E-state index in [-0.39, 0.29) is 4.65 Å². The van der Waals surface area contributed by atoms with Gasteiger partial charge in [-0.3, -0.25) is 0 Å². The van der Waals surface area contributed by atoms with E-state index in [1.807, 2.05) is 0 Å². The third-order valence-corrected chi connectivity index (χ3v) is 5.96. The maximum Gasteiger partial charge on any atom is 0.0998 e. The van der Waals surface area contributed by atoms with E-state index < -0.39 is 0 Å². The molecule has 0 amide bonds. The van der Waals surface area contributed by atoms with Crippen molar-refractivity contribution in [2.45, 2.75) is 73.1 Å². The van der Waals surface area contributed by atoms with E-state index in [2.05, 4.69) is 40.7 Å². The van der Waals surface area contributed by atoms with E-state index in [1.54, 1.807) is 0 Å². The monoisotopic (exact) mass is 307 g/mol. The summed E-state index contributed by atoms with van der Waals surface area (Å²) < 4.78 is 0.0286. The Balaban J connectivity index is 1.85. The van der Waals surface area contributed by atoms with Crippen LogP contribution in [-0.2, 0) is 0 Å². The summed E-state index contributed by atoms with van der Waals surface area (Å²) in [5.74, 6) is 2.19. The van der Waals surface area contributed by atoms with Crippen molar-refractivity contribution in [2.75, 3.05) is 19.6 Å². The SMILES string of the molecule is CC(=CC1CCC(C(C)(C)C)CC1)C[N+]1([O-])CCCC(C)C1. The Morgan fingerprint density at radius 2 is 1.77 bits per heavy atom. The zero-order valence-electron chi connectivity index (χ0n) is 15.5. The molecule has 0 spiro atoms. The van der Waals surface area contributed by atoms with Gasteiger partial charge in [0.15, 0.2) is 0 Å². The highest BCUT2D eigenvalue weighted by Crippen LogP contribution is 2.40. The third kappa shape index (κ3) is 5.09. The lowest BCUT2D eigenvalue weighted by molar-refractivity contribution is -0.884. The normalized spacial score (nSPS) is 38.1. The van der Waals surface area contributed by atoms with Crippen molar-refractivity contribution in [1.29, 1.82) is 0 Å². The number of hydrogen-bond acceptors (Lipinski definition) is 1. The maximum absolute atomic E-state index is 12.9. The predicted octanol–water partition coefficient (Wildman–Crippen LogP) is 5.53. The van der Waals surface area contributed by atoms with Crippen molar-refractivity contribution in [3.63, 3.8) is 0 Å². The molecule has 2 atom stereocenters. The Morgan fingerprint density at radius 1 is 1.14 bits per heavy atom. The highest BCUT2D eigenvalue weighted by Gasteiger charge is 2.30. The molecule has 0 aromatic rings. The van der Waals surface area contributed by atoms with Crippen molar-refractivity contribution in [3.8, 4) is 0 Å². The third-order valence-electron chi connectivity index (χ3n) is 5.96. The van der Waals surface area contributed by atoms with Gasteiger partial charge < -0.3 is 9.85 Å². The molecule has 2 nitrogen and oxygen atoms in total. The zero-order valence-corrected chi connectivity index (χ0v) is 15.5. The van der Waals surface area contributed by atoms with Gasteiger partial charge >= 0.3 is 0 Å². The lowest BCUT2D eigenvalue weighted by Crippen LogP contribution is -2.49. The van der Waals surface area contributed by atoms with E-state index in [1.165, 1.54) is 37.7 Å². The summed E-state index contributed by atoms with van der Waals surface area (Å²) >= 11 is 0. The zero-order chi connectivity index (χ0) is 16.4. The summed E-state index contributed by atoms with van der Waals surface area (Å²) in [6.45, 7) is 13.9. The summed E-state index contributed by atoms with van der Waals surface area (Å²) in [6.07, 6.45) is 10.1. The minimum atomic E-state index is 0.0286. The fraction of sp³-hybridized carbons (Fsp3) is 0.900. The largest absolute Gasteiger partial charge is 0.633 e. The summed E-state index contributed by atoms with van der Waals surface area (Å²) in [4.78, 5) is 0. The van der Waals surface area contributed by atoms with Gasteiger partial charge in [0, 0.05) is 5.92 Å². The summed E-state index contributed by atoms with van der Waals surface area (Å²) in [6, 6.07) is 0. The molecule has 1 saturated carbocycles. The van der Waals surface area contributed by atoms with Crippen molar-refractivity contribution < 1.29 is 4.65 Å². The molecule has 0 aromatic carbocycles. The van der Waals surface area contributed by atoms with Crippen LogP contribution in [0, 0.1) is 28.4 Å². The Kier molecular flexibility index (Phi) is 5.77. The molecular formula is C20H37NO. The number of rotatable bonds is 3. The van der Waals surface area contributed by atoms with Crippen molar-refractivity contribution >= 4 is 0 Å². The van der Waals surface area contributed by atoms with Crippen LogP contribution in [0.1, 0.15) is 73.1 Å². The van der Waals surface area contributed by atoms with Gasteiger partial charge in [-0.1, -0.05) is 33.8 Å². The van der Waals surface area contributed by atoms with Crippen LogP contribution in [0.5, 0.6) is 0 Å². The molecular weight excluding hydrogens is 270 g/mol. The Hall–Kier alpha value is -0.340. The molecule has 1 heterocycles. The van der Waals surface area contributed by atoms with Crippen LogP contribution >= 0.6 is 0 Å². The molecule has 2 rings (SSSR count). The summed E-state index contributed by atoms with van der Waals surface area (Å²) in [5.41, 5.74) is 1.79. The fourth-order valence-electron chi connectivity index (χ4n) is 4.68. The number of likely N-dealkylation sites (tertiary alicyclic amines) is 1. The van der Waals surface area contributed by atoms with Crippen LogP contribution in [0.15, 0.2) is 11.6 Å². The molecule has 0 aromatic heterocycles.